The summed E-state index contributed by atoms with van der Waals surface area (Å²) in [5.41, 5.74) is 4.39. The van der Waals surface area contributed by atoms with Crippen molar-refractivity contribution < 1.29 is 14.3 Å². The quantitative estimate of drug-likeness (QED) is 0.473. The van der Waals surface area contributed by atoms with Crippen molar-refractivity contribution in [2.75, 3.05) is 6.54 Å². The summed E-state index contributed by atoms with van der Waals surface area (Å²) in [4.78, 5) is 29.3. The van der Waals surface area contributed by atoms with Crippen LogP contribution in [0, 0.1) is 19.8 Å². The number of ether oxygens (including phenoxy) is 1. The minimum atomic E-state index is -0.0860. The van der Waals surface area contributed by atoms with E-state index in [0.717, 1.165) is 34.0 Å². The molecule has 0 unspecified atom stereocenters. The standard InChI is InChI=1S/C27H30N2O3/c1-4-10-29-27(31)23-16-24-25(13-18(23)3)28-11-9-26(24)32-22-8-7-20(17(2)12-22)15-21(30)14-19-5-6-19/h7-9,11-13,16,19H,4-6,10,14-15H2,1-3H3,(H,29,31). The van der Waals surface area contributed by atoms with Crippen molar-refractivity contribution in [1.29, 1.82) is 0 Å². The van der Waals surface area contributed by atoms with E-state index < -0.39 is 0 Å². The number of amides is 1. The summed E-state index contributed by atoms with van der Waals surface area (Å²) in [5, 5.41) is 3.73. The van der Waals surface area contributed by atoms with Gasteiger partial charge < -0.3 is 10.1 Å². The van der Waals surface area contributed by atoms with Gasteiger partial charge in [0.1, 0.15) is 17.3 Å². The molecule has 4 rings (SSSR count). The normalized spacial score (nSPS) is 13.2. The van der Waals surface area contributed by atoms with Crippen LogP contribution in [0.25, 0.3) is 10.9 Å². The van der Waals surface area contributed by atoms with Crippen LogP contribution in [0.3, 0.4) is 0 Å². The maximum atomic E-state index is 12.6. The van der Waals surface area contributed by atoms with Crippen LogP contribution in [0.5, 0.6) is 11.5 Å². The van der Waals surface area contributed by atoms with Gasteiger partial charge in [0.15, 0.2) is 0 Å². The Hall–Kier alpha value is -3.21. The van der Waals surface area contributed by atoms with Crippen molar-refractivity contribution >= 4 is 22.6 Å². The number of hydrogen-bond donors (Lipinski definition) is 1. The van der Waals surface area contributed by atoms with Gasteiger partial charge in [-0.1, -0.05) is 13.0 Å². The number of aromatic nitrogens is 1. The molecule has 0 spiro atoms. The van der Waals surface area contributed by atoms with Crippen molar-refractivity contribution in [3.8, 4) is 11.5 Å². The van der Waals surface area contributed by atoms with E-state index in [9.17, 15) is 9.59 Å². The third-order valence-corrected chi connectivity index (χ3v) is 5.97. The molecule has 0 aliphatic heterocycles. The van der Waals surface area contributed by atoms with Gasteiger partial charge in [-0.05, 0) is 86.1 Å². The Morgan fingerprint density at radius 2 is 1.91 bits per heavy atom. The molecule has 1 fully saturated rings. The lowest BCUT2D eigenvalue weighted by molar-refractivity contribution is -0.118. The van der Waals surface area contributed by atoms with Crippen LogP contribution in [-0.4, -0.2) is 23.2 Å². The lowest BCUT2D eigenvalue weighted by atomic mass is 10.0. The Labute approximate surface area is 189 Å². The maximum absolute atomic E-state index is 12.6. The topological polar surface area (TPSA) is 68.3 Å². The van der Waals surface area contributed by atoms with Gasteiger partial charge in [-0.3, -0.25) is 14.6 Å². The molecule has 166 valence electrons. The molecular formula is C27H30N2O3. The van der Waals surface area contributed by atoms with E-state index in [0.29, 0.717) is 48.2 Å². The number of aryl methyl sites for hydroxylation is 2. The first-order chi connectivity index (χ1) is 15.4. The lowest BCUT2D eigenvalue weighted by Crippen LogP contribution is -2.24. The van der Waals surface area contributed by atoms with Crippen molar-refractivity contribution in [2.24, 2.45) is 5.92 Å². The largest absolute Gasteiger partial charge is 0.457 e. The molecule has 2 aromatic carbocycles. The number of nitrogens with one attached hydrogen (secondary N) is 1. The monoisotopic (exact) mass is 430 g/mol. The zero-order valence-electron chi connectivity index (χ0n) is 19.0. The molecule has 5 nitrogen and oxygen atoms in total. The summed E-state index contributed by atoms with van der Waals surface area (Å²) in [7, 11) is 0. The van der Waals surface area contributed by atoms with Crippen LogP contribution in [0.4, 0.5) is 0 Å². The average Bonchev–Trinajstić information content (AvgIpc) is 3.57. The van der Waals surface area contributed by atoms with Crippen molar-refractivity contribution in [3.05, 3.63) is 64.8 Å². The summed E-state index contributed by atoms with van der Waals surface area (Å²) >= 11 is 0. The number of ketones is 1. The Kier molecular flexibility index (Phi) is 6.54. The lowest BCUT2D eigenvalue weighted by Gasteiger charge is -2.13. The number of pyridine rings is 1. The van der Waals surface area contributed by atoms with Gasteiger partial charge in [0.25, 0.3) is 5.91 Å². The summed E-state index contributed by atoms with van der Waals surface area (Å²) in [6, 6.07) is 11.4. The smallest absolute Gasteiger partial charge is 0.251 e. The summed E-state index contributed by atoms with van der Waals surface area (Å²) in [5.74, 6) is 2.19. The number of carbonyl (C=O) groups excluding carboxylic acids is 2. The highest BCUT2D eigenvalue weighted by Gasteiger charge is 2.24. The van der Waals surface area contributed by atoms with Crippen LogP contribution in [0.1, 0.15) is 59.7 Å². The van der Waals surface area contributed by atoms with Gasteiger partial charge in [0.2, 0.25) is 0 Å². The van der Waals surface area contributed by atoms with Gasteiger partial charge in [-0.2, -0.15) is 0 Å². The van der Waals surface area contributed by atoms with Gasteiger partial charge in [-0.25, -0.2) is 0 Å². The Balaban J connectivity index is 1.57. The number of nitrogens with zero attached hydrogens (tertiary/aromatic N) is 1. The zero-order chi connectivity index (χ0) is 22.7. The molecule has 0 saturated heterocycles. The molecule has 5 heteroatoms. The number of carbonyl (C=O) groups is 2. The Morgan fingerprint density at radius 3 is 2.62 bits per heavy atom. The minimum Gasteiger partial charge on any atom is -0.457 e. The van der Waals surface area contributed by atoms with Crippen molar-refractivity contribution in [2.45, 2.75) is 52.9 Å². The van der Waals surface area contributed by atoms with E-state index in [4.69, 9.17) is 4.74 Å². The zero-order valence-corrected chi connectivity index (χ0v) is 19.0. The van der Waals surface area contributed by atoms with E-state index >= 15 is 0 Å². The second-order valence-corrected chi connectivity index (χ2v) is 8.80. The molecule has 1 aliphatic carbocycles. The first-order valence-corrected chi connectivity index (χ1v) is 11.4. The number of rotatable bonds is 9. The van der Waals surface area contributed by atoms with Crippen LogP contribution >= 0.6 is 0 Å². The van der Waals surface area contributed by atoms with Crippen molar-refractivity contribution in [3.63, 3.8) is 0 Å². The Morgan fingerprint density at radius 1 is 1.09 bits per heavy atom. The molecule has 32 heavy (non-hydrogen) atoms. The van der Waals surface area contributed by atoms with E-state index in [1.54, 1.807) is 6.20 Å². The molecule has 1 N–H and O–H groups in total. The fraction of sp³-hybridized carbons (Fsp3) is 0.370. The molecule has 0 atom stereocenters. The first-order valence-electron chi connectivity index (χ1n) is 11.4. The molecule has 0 bridgehead atoms. The molecule has 1 aromatic heterocycles. The number of benzene rings is 2. The molecule has 1 heterocycles. The predicted octanol–water partition coefficient (Wildman–Crippen LogP) is 5.70. The second-order valence-electron chi connectivity index (χ2n) is 8.80. The number of hydrogen-bond acceptors (Lipinski definition) is 4. The first kappa shape index (κ1) is 22.0. The van der Waals surface area contributed by atoms with Gasteiger partial charge in [-0.15, -0.1) is 0 Å². The van der Waals surface area contributed by atoms with Gasteiger partial charge >= 0.3 is 0 Å². The highest BCUT2D eigenvalue weighted by atomic mass is 16.5. The van der Waals surface area contributed by atoms with E-state index in [1.807, 2.05) is 57.2 Å². The Bertz CT molecular complexity index is 1170. The highest BCUT2D eigenvalue weighted by Crippen LogP contribution is 2.34. The number of Topliss-reactive ketones (excluding diaryl/α,β-unsaturated/α-hetero) is 1. The minimum absolute atomic E-state index is 0.0860. The van der Waals surface area contributed by atoms with Crippen LogP contribution in [-0.2, 0) is 11.2 Å². The molecular weight excluding hydrogens is 400 g/mol. The SMILES string of the molecule is CCCNC(=O)c1cc2c(Oc3ccc(CC(=O)CC4CC4)c(C)c3)ccnc2cc1C. The molecule has 1 aliphatic rings. The molecule has 0 radical (unpaired) electrons. The third kappa shape index (κ3) is 5.16. The van der Waals surface area contributed by atoms with Crippen molar-refractivity contribution in [1.82, 2.24) is 10.3 Å². The molecule has 1 amide bonds. The van der Waals surface area contributed by atoms with Crippen LogP contribution in [0.15, 0.2) is 42.6 Å². The number of fused-ring (bicyclic) bond motifs is 1. The molecule has 1 saturated carbocycles. The predicted molar refractivity (Wildman–Crippen MR) is 126 cm³/mol. The fourth-order valence-corrected chi connectivity index (χ4v) is 3.92. The van der Waals surface area contributed by atoms with E-state index in [2.05, 4.69) is 10.3 Å². The average molecular weight is 431 g/mol. The third-order valence-electron chi connectivity index (χ3n) is 5.97. The van der Waals surface area contributed by atoms with E-state index in [1.165, 1.54) is 12.8 Å². The maximum Gasteiger partial charge on any atom is 0.251 e. The van der Waals surface area contributed by atoms with Crippen LogP contribution < -0.4 is 10.1 Å². The van der Waals surface area contributed by atoms with Gasteiger partial charge in [0, 0.05) is 36.5 Å². The highest BCUT2D eigenvalue weighted by molar-refractivity contribution is 6.00. The van der Waals surface area contributed by atoms with Crippen LogP contribution in [0.2, 0.25) is 0 Å². The van der Waals surface area contributed by atoms with Gasteiger partial charge in [0.05, 0.1) is 5.52 Å². The fourth-order valence-electron chi connectivity index (χ4n) is 3.92. The van der Waals surface area contributed by atoms with E-state index in [-0.39, 0.29) is 5.91 Å². The summed E-state index contributed by atoms with van der Waals surface area (Å²) in [6.07, 6.45) is 6.17. The summed E-state index contributed by atoms with van der Waals surface area (Å²) < 4.78 is 6.21. The second kappa shape index (κ2) is 9.51. The summed E-state index contributed by atoms with van der Waals surface area (Å²) in [6.45, 7) is 6.60. The molecule has 3 aromatic rings.